The van der Waals surface area contributed by atoms with Gasteiger partial charge in [-0.2, -0.15) is 0 Å². The van der Waals surface area contributed by atoms with Crippen LogP contribution in [-0.4, -0.2) is 9.55 Å². The fourth-order valence-electron chi connectivity index (χ4n) is 1.90. The quantitative estimate of drug-likeness (QED) is 0.877. The molecule has 1 atom stereocenters. The third-order valence-electron chi connectivity index (χ3n) is 3.28. The predicted octanol–water partition coefficient (Wildman–Crippen LogP) is 2.28. The molecule has 0 fully saturated rings. The maximum Gasteiger partial charge on any atom is 0.110 e. The van der Waals surface area contributed by atoms with E-state index in [0.717, 1.165) is 12.2 Å². The highest BCUT2D eigenvalue weighted by Gasteiger charge is 2.10. The Hall–Kier alpha value is -1.61. The van der Waals surface area contributed by atoms with Gasteiger partial charge in [0.05, 0.1) is 0 Å². The van der Waals surface area contributed by atoms with Crippen LogP contribution in [0.15, 0.2) is 30.6 Å². The van der Waals surface area contributed by atoms with Crippen LogP contribution in [0.3, 0.4) is 0 Å². The van der Waals surface area contributed by atoms with E-state index >= 15 is 0 Å². The lowest BCUT2D eigenvalue weighted by Crippen LogP contribution is -2.16. The summed E-state index contributed by atoms with van der Waals surface area (Å²) in [7, 11) is 2.00. The van der Waals surface area contributed by atoms with Crippen molar-refractivity contribution in [3.63, 3.8) is 0 Å². The molecule has 1 aromatic heterocycles. The molecule has 2 aromatic rings. The van der Waals surface area contributed by atoms with E-state index in [-0.39, 0.29) is 6.04 Å². The van der Waals surface area contributed by atoms with Gasteiger partial charge in [-0.15, -0.1) is 0 Å². The summed E-state index contributed by atoms with van der Waals surface area (Å²) in [5, 5.41) is 0. The van der Waals surface area contributed by atoms with Crippen molar-refractivity contribution >= 4 is 0 Å². The number of rotatable bonds is 3. The number of imidazole rings is 1. The van der Waals surface area contributed by atoms with Gasteiger partial charge in [0, 0.05) is 31.9 Å². The molecule has 1 unspecified atom stereocenters. The van der Waals surface area contributed by atoms with Crippen LogP contribution in [0.5, 0.6) is 0 Å². The molecule has 0 radical (unpaired) electrons. The number of nitrogens with two attached hydrogens (primary N) is 1. The Bertz CT molecular complexity index is 514. The van der Waals surface area contributed by atoms with Gasteiger partial charge in [-0.25, -0.2) is 4.98 Å². The van der Waals surface area contributed by atoms with Crippen molar-refractivity contribution in [3.8, 4) is 0 Å². The lowest BCUT2D eigenvalue weighted by Gasteiger charge is -2.13. The lowest BCUT2D eigenvalue weighted by molar-refractivity contribution is 0.659. The van der Waals surface area contributed by atoms with Gasteiger partial charge in [0.15, 0.2) is 0 Å². The number of benzene rings is 1. The van der Waals surface area contributed by atoms with E-state index in [2.05, 4.69) is 37.0 Å². The fraction of sp³-hybridized carbons (Fsp3) is 0.357. The molecule has 0 spiro atoms. The van der Waals surface area contributed by atoms with E-state index in [0.29, 0.717) is 0 Å². The highest BCUT2D eigenvalue weighted by molar-refractivity contribution is 5.31. The lowest BCUT2D eigenvalue weighted by atomic mass is 9.99. The second-order valence-corrected chi connectivity index (χ2v) is 4.61. The van der Waals surface area contributed by atoms with Crippen molar-refractivity contribution in [3.05, 3.63) is 53.1 Å². The summed E-state index contributed by atoms with van der Waals surface area (Å²) in [6, 6.07) is 6.41. The van der Waals surface area contributed by atoms with Gasteiger partial charge in [-0.1, -0.05) is 18.2 Å². The van der Waals surface area contributed by atoms with Crippen LogP contribution in [0.1, 0.15) is 28.6 Å². The Morgan fingerprint density at radius 2 is 2.06 bits per heavy atom. The fourth-order valence-corrected chi connectivity index (χ4v) is 1.90. The monoisotopic (exact) mass is 229 g/mol. The van der Waals surface area contributed by atoms with Crippen LogP contribution in [0.4, 0.5) is 0 Å². The summed E-state index contributed by atoms with van der Waals surface area (Å²) in [6.45, 7) is 4.23. The van der Waals surface area contributed by atoms with Gasteiger partial charge in [0.1, 0.15) is 5.82 Å². The Morgan fingerprint density at radius 1 is 1.29 bits per heavy atom. The summed E-state index contributed by atoms with van der Waals surface area (Å²) < 4.78 is 2.01. The van der Waals surface area contributed by atoms with Gasteiger partial charge in [-0.05, 0) is 30.5 Å². The molecule has 3 heteroatoms. The minimum absolute atomic E-state index is 0.00963. The van der Waals surface area contributed by atoms with Gasteiger partial charge in [0.2, 0.25) is 0 Å². The molecule has 1 aromatic carbocycles. The molecular weight excluding hydrogens is 210 g/mol. The second kappa shape index (κ2) is 4.72. The summed E-state index contributed by atoms with van der Waals surface area (Å²) in [6.07, 6.45) is 4.52. The molecule has 0 saturated heterocycles. The Morgan fingerprint density at radius 3 is 2.65 bits per heavy atom. The molecule has 2 N–H and O–H groups in total. The summed E-state index contributed by atoms with van der Waals surface area (Å²) in [5.74, 6) is 1.02. The summed E-state index contributed by atoms with van der Waals surface area (Å²) in [5.41, 5.74) is 9.99. The van der Waals surface area contributed by atoms with Crippen molar-refractivity contribution in [1.82, 2.24) is 9.55 Å². The maximum absolute atomic E-state index is 6.22. The van der Waals surface area contributed by atoms with Crippen LogP contribution in [0.25, 0.3) is 0 Å². The number of hydrogen-bond donors (Lipinski definition) is 1. The maximum atomic E-state index is 6.22. The Labute approximate surface area is 102 Å². The van der Waals surface area contributed by atoms with E-state index in [9.17, 15) is 0 Å². The van der Waals surface area contributed by atoms with E-state index in [1.54, 1.807) is 0 Å². The first-order valence-electron chi connectivity index (χ1n) is 5.87. The molecule has 0 aliphatic carbocycles. The SMILES string of the molecule is Cc1ccc(C(N)Cc2nccn2C)cc1C. The number of aromatic nitrogens is 2. The van der Waals surface area contributed by atoms with Crippen molar-refractivity contribution in [2.75, 3.05) is 0 Å². The molecular formula is C14H19N3. The van der Waals surface area contributed by atoms with Gasteiger partial charge < -0.3 is 10.3 Å². The zero-order valence-electron chi connectivity index (χ0n) is 10.6. The Balaban J connectivity index is 2.17. The number of aryl methyl sites for hydroxylation is 3. The molecule has 17 heavy (non-hydrogen) atoms. The van der Waals surface area contributed by atoms with E-state index < -0.39 is 0 Å². The largest absolute Gasteiger partial charge is 0.338 e. The normalized spacial score (nSPS) is 12.7. The highest BCUT2D eigenvalue weighted by atomic mass is 15.0. The van der Waals surface area contributed by atoms with Crippen molar-refractivity contribution in [2.24, 2.45) is 12.8 Å². The highest BCUT2D eigenvalue weighted by Crippen LogP contribution is 2.18. The molecule has 1 heterocycles. The summed E-state index contributed by atoms with van der Waals surface area (Å²) in [4.78, 5) is 4.30. The molecule has 0 amide bonds. The van der Waals surface area contributed by atoms with Crippen molar-refractivity contribution in [2.45, 2.75) is 26.3 Å². The minimum Gasteiger partial charge on any atom is -0.338 e. The molecule has 0 bridgehead atoms. The number of nitrogens with zero attached hydrogens (tertiary/aromatic N) is 2. The smallest absolute Gasteiger partial charge is 0.110 e. The van der Waals surface area contributed by atoms with Crippen LogP contribution < -0.4 is 5.73 Å². The average Bonchev–Trinajstić information content (AvgIpc) is 2.68. The van der Waals surface area contributed by atoms with E-state index in [4.69, 9.17) is 5.73 Å². The van der Waals surface area contributed by atoms with Crippen LogP contribution >= 0.6 is 0 Å². The zero-order chi connectivity index (χ0) is 12.4. The van der Waals surface area contributed by atoms with Crippen LogP contribution in [-0.2, 0) is 13.5 Å². The standard InChI is InChI=1S/C14H19N3/c1-10-4-5-12(8-11(10)2)13(15)9-14-16-6-7-17(14)3/h4-8,13H,9,15H2,1-3H3. The third-order valence-corrected chi connectivity index (χ3v) is 3.28. The zero-order valence-corrected chi connectivity index (χ0v) is 10.6. The molecule has 0 aliphatic rings. The van der Waals surface area contributed by atoms with Crippen molar-refractivity contribution in [1.29, 1.82) is 0 Å². The van der Waals surface area contributed by atoms with E-state index in [1.807, 2.05) is 24.0 Å². The first-order chi connectivity index (χ1) is 8.08. The summed E-state index contributed by atoms with van der Waals surface area (Å²) >= 11 is 0. The topological polar surface area (TPSA) is 43.8 Å². The predicted molar refractivity (Wildman–Crippen MR) is 69.8 cm³/mol. The van der Waals surface area contributed by atoms with Gasteiger partial charge in [0.25, 0.3) is 0 Å². The first-order valence-corrected chi connectivity index (χ1v) is 5.87. The second-order valence-electron chi connectivity index (χ2n) is 4.61. The third kappa shape index (κ3) is 2.56. The van der Waals surface area contributed by atoms with Crippen molar-refractivity contribution < 1.29 is 0 Å². The molecule has 90 valence electrons. The average molecular weight is 229 g/mol. The minimum atomic E-state index is 0.00963. The molecule has 0 saturated carbocycles. The number of hydrogen-bond acceptors (Lipinski definition) is 2. The molecule has 2 rings (SSSR count). The van der Waals surface area contributed by atoms with Gasteiger partial charge in [-0.3, -0.25) is 0 Å². The van der Waals surface area contributed by atoms with Gasteiger partial charge >= 0.3 is 0 Å². The van der Waals surface area contributed by atoms with Crippen LogP contribution in [0.2, 0.25) is 0 Å². The molecule has 0 aliphatic heterocycles. The Kier molecular flexibility index (Phi) is 3.29. The van der Waals surface area contributed by atoms with E-state index in [1.165, 1.54) is 16.7 Å². The first kappa shape index (κ1) is 11.9. The molecule has 3 nitrogen and oxygen atoms in total. The van der Waals surface area contributed by atoms with Crippen LogP contribution in [0, 0.1) is 13.8 Å².